The van der Waals surface area contributed by atoms with Gasteiger partial charge in [0.25, 0.3) is 11.6 Å². The predicted octanol–water partition coefficient (Wildman–Crippen LogP) is 0.966. The third kappa shape index (κ3) is 3.46. The molecule has 2 heterocycles. The Labute approximate surface area is 178 Å². The Kier molecular flexibility index (Phi) is 6.15. The Morgan fingerprint density at radius 3 is 2.57 bits per heavy atom. The van der Waals surface area contributed by atoms with Gasteiger partial charge in [-0.3, -0.25) is 0 Å². The van der Waals surface area contributed by atoms with Crippen molar-refractivity contribution in [2.24, 2.45) is 0 Å². The molecule has 2 aliphatic rings. The summed E-state index contributed by atoms with van der Waals surface area (Å²) in [6, 6.07) is 14.4. The summed E-state index contributed by atoms with van der Waals surface area (Å²) in [7, 11) is 0. The summed E-state index contributed by atoms with van der Waals surface area (Å²) in [6.45, 7) is 8.40. The molecule has 0 saturated heterocycles. The van der Waals surface area contributed by atoms with E-state index in [9.17, 15) is 5.11 Å². The Hall–Kier alpha value is -1.85. The molecule has 0 aliphatic carbocycles. The van der Waals surface area contributed by atoms with Gasteiger partial charge in [-0.05, 0) is 75.1 Å². The van der Waals surface area contributed by atoms with Gasteiger partial charge in [0.1, 0.15) is 11.4 Å². The van der Waals surface area contributed by atoms with Gasteiger partial charge in [0.15, 0.2) is 6.54 Å². The van der Waals surface area contributed by atoms with Gasteiger partial charge in [-0.2, -0.15) is 0 Å². The van der Waals surface area contributed by atoms with Crippen LogP contribution >= 0.6 is 0 Å². The standard InChI is InChI=1S/C23H29N2O2.BrH/c1-4-27-20-13-11-19(12-14-20)23(26)16-24(22-10-5-6-15-25(22)23)21-9-7-8-17(2)18(21)3;/h7-9,11-14,26H,4-6,10,15-16H2,1-3H3;1H/q+1;/p-1. The minimum atomic E-state index is -1.00. The summed E-state index contributed by atoms with van der Waals surface area (Å²) in [4.78, 5) is 2.33. The van der Waals surface area contributed by atoms with Crippen molar-refractivity contribution in [3.8, 4) is 5.75 Å². The minimum absolute atomic E-state index is 0. The van der Waals surface area contributed by atoms with Crippen molar-refractivity contribution in [2.45, 2.75) is 45.8 Å². The summed E-state index contributed by atoms with van der Waals surface area (Å²) in [6.07, 6.45) is 3.29. The Morgan fingerprint density at radius 2 is 1.86 bits per heavy atom. The molecule has 0 saturated carbocycles. The first kappa shape index (κ1) is 20.9. The second-order valence-electron chi connectivity index (χ2n) is 7.60. The molecular formula is C23H29BrN2O2. The SMILES string of the molecule is CCOc1ccc(C2(O)CN(c3cccc(C)c3C)C3=[N+]2CCCC3)cc1.[Br-]. The van der Waals surface area contributed by atoms with Gasteiger partial charge in [-0.25, -0.2) is 9.48 Å². The summed E-state index contributed by atoms with van der Waals surface area (Å²) in [5.74, 6) is 2.09. The van der Waals surface area contributed by atoms with Crippen molar-refractivity contribution in [2.75, 3.05) is 24.6 Å². The molecule has 1 atom stereocenters. The molecule has 0 spiro atoms. The van der Waals surface area contributed by atoms with Crippen LogP contribution in [-0.4, -0.2) is 35.2 Å². The first-order valence-electron chi connectivity index (χ1n) is 9.97. The molecule has 0 fully saturated rings. The number of anilines is 1. The average molecular weight is 445 g/mol. The molecule has 2 aliphatic heterocycles. The van der Waals surface area contributed by atoms with Gasteiger partial charge in [0.05, 0.1) is 13.2 Å². The number of β-amino-alcohol motifs (C(OH)–C–C–N with tert-alkyl or cyclic N) is 1. The lowest BCUT2D eigenvalue weighted by molar-refractivity contribution is -0.661. The van der Waals surface area contributed by atoms with Gasteiger partial charge in [-0.1, -0.05) is 12.1 Å². The van der Waals surface area contributed by atoms with Crippen LogP contribution in [0.25, 0.3) is 0 Å². The highest BCUT2D eigenvalue weighted by Crippen LogP contribution is 2.37. The maximum Gasteiger partial charge on any atom is 0.271 e. The lowest BCUT2D eigenvalue weighted by Crippen LogP contribution is -3.00. The summed E-state index contributed by atoms with van der Waals surface area (Å²) >= 11 is 0. The molecule has 0 aromatic heterocycles. The van der Waals surface area contributed by atoms with E-state index in [1.807, 2.05) is 31.2 Å². The fourth-order valence-corrected chi connectivity index (χ4v) is 4.38. The maximum atomic E-state index is 11.8. The van der Waals surface area contributed by atoms with Crippen molar-refractivity contribution in [1.82, 2.24) is 0 Å². The van der Waals surface area contributed by atoms with E-state index >= 15 is 0 Å². The Morgan fingerprint density at radius 1 is 1.11 bits per heavy atom. The number of aryl methyl sites for hydroxylation is 1. The second kappa shape index (κ2) is 8.26. The molecular weight excluding hydrogens is 416 g/mol. The molecule has 1 N–H and O–H groups in total. The van der Waals surface area contributed by atoms with Crippen molar-refractivity contribution >= 4 is 11.5 Å². The average Bonchev–Trinajstić information content (AvgIpc) is 2.99. The topological polar surface area (TPSA) is 35.7 Å². The second-order valence-corrected chi connectivity index (χ2v) is 7.60. The zero-order valence-electron chi connectivity index (χ0n) is 16.9. The van der Waals surface area contributed by atoms with Gasteiger partial charge in [0.2, 0.25) is 0 Å². The molecule has 150 valence electrons. The molecule has 2 aromatic carbocycles. The number of ether oxygens (including phenoxy) is 1. The predicted molar refractivity (Wildman–Crippen MR) is 109 cm³/mol. The molecule has 0 radical (unpaired) electrons. The highest BCUT2D eigenvalue weighted by Gasteiger charge is 2.52. The third-order valence-corrected chi connectivity index (χ3v) is 5.97. The molecule has 2 aromatic rings. The highest BCUT2D eigenvalue weighted by molar-refractivity contribution is 5.96. The van der Waals surface area contributed by atoms with Gasteiger partial charge in [-0.15, -0.1) is 0 Å². The lowest BCUT2D eigenvalue weighted by atomic mass is 10.0. The number of rotatable bonds is 4. The van der Waals surface area contributed by atoms with Crippen LogP contribution in [0, 0.1) is 13.8 Å². The quantitative estimate of drug-likeness (QED) is 0.713. The van der Waals surface area contributed by atoms with Crippen LogP contribution in [0.15, 0.2) is 42.5 Å². The number of nitrogens with zero attached hydrogens (tertiary/aromatic N) is 2. The van der Waals surface area contributed by atoms with Crippen LogP contribution < -0.4 is 26.6 Å². The number of aliphatic hydroxyl groups is 1. The molecule has 0 amide bonds. The van der Waals surface area contributed by atoms with Crippen LogP contribution in [0.4, 0.5) is 5.69 Å². The van der Waals surface area contributed by atoms with E-state index in [1.54, 1.807) is 0 Å². The minimum Gasteiger partial charge on any atom is -1.00 e. The van der Waals surface area contributed by atoms with E-state index in [0.717, 1.165) is 30.7 Å². The summed E-state index contributed by atoms with van der Waals surface area (Å²) in [5, 5.41) is 11.8. The maximum absolute atomic E-state index is 11.8. The van der Waals surface area contributed by atoms with Gasteiger partial charge < -0.3 is 26.8 Å². The first-order valence-corrected chi connectivity index (χ1v) is 9.97. The third-order valence-electron chi connectivity index (χ3n) is 5.97. The van der Waals surface area contributed by atoms with Crippen molar-refractivity contribution in [3.05, 3.63) is 59.2 Å². The monoisotopic (exact) mass is 444 g/mol. The summed E-state index contributed by atoms with van der Waals surface area (Å²) < 4.78 is 7.79. The van der Waals surface area contributed by atoms with Crippen molar-refractivity contribution in [3.63, 3.8) is 0 Å². The molecule has 5 heteroatoms. The molecule has 1 unspecified atom stereocenters. The molecule has 4 rings (SSSR count). The van der Waals surface area contributed by atoms with E-state index in [-0.39, 0.29) is 17.0 Å². The number of amidine groups is 1. The van der Waals surface area contributed by atoms with Crippen LogP contribution in [0.3, 0.4) is 0 Å². The normalized spacial score (nSPS) is 21.4. The Balaban J connectivity index is 0.00000225. The number of hydrogen-bond donors (Lipinski definition) is 1. The Bertz CT molecular complexity index is 879. The lowest BCUT2D eigenvalue weighted by Gasteiger charge is -2.24. The fourth-order valence-electron chi connectivity index (χ4n) is 4.38. The van der Waals surface area contributed by atoms with E-state index in [1.165, 1.54) is 29.1 Å². The van der Waals surface area contributed by atoms with Crippen LogP contribution in [0.2, 0.25) is 0 Å². The molecule has 0 bridgehead atoms. The number of halogens is 1. The summed E-state index contributed by atoms with van der Waals surface area (Å²) in [5.41, 5.74) is 3.70. The number of benzene rings is 2. The van der Waals surface area contributed by atoms with Crippen LogP contribution in [0.5, 0.6) is 5.75 Å². The van der Waals surface area contributed by atoms with E-state index in [0.29, 0.717) is 13.2 Å². The number of hydrogen-bond acceptors (Lipinski definition) is 3. The van der Waals surface area contributed by atoms with Crippen molar-refractivity contribution < 1.29 is 31.4 Å². The fraction of sp³-hybridized carbons (Fsp3) is 0.435. The first-order chi connectivity index (χ1) is 13.0. The van der Waals surface area contributed by atoms with Crippen LogP contribution in [-0.2, 0) is 5.72 Å². The van der Waals surface area contributed by atoms with Crippen LogP contribution in [0.1, 0.15) is 42.9 Å². The van der Waals surface area contributed by atoms with Gasteiger partial charge >= 0.3 is 0 Å². The zero-order chi connectivity index (χ0) is 19.0. The highest BCUT2D eigenvalue weighted by atomic mass is 79.9. The van der Waals surface area contributed by atoms with Crippen molar-refractivity contribution in [1.29, 1.82) is 0 Å². The molecule has 28 heavy (non-hydrogen) atoms. The van der Waals surface area contributed by atoms with Gasteiger partial charge in [0, 0.05) is 12.0 Å². The van der Waals surface area contributed by atoms with E-state index in [4.69, 9.17) is 4.74 Å². The molecule has 4 nitrogen and oxygen atoms in total. The van der Waals surface area contributed by atoms with E-state index in [2.05, 4.69) is 41.5 Å². The van der Waals surface area contributed by atoms with E-state index < -0.39 is 5.72 Å². The largest absolute Gasteiger partial charge is 1.00 e. The smallest absolute Gasteiger partial charge is 0.271 e. The zero-order valence-corrected chi connectivity index (χ0v) is 18.5.